The molecule has 1 N–H and O–H groups in total. The molecule has 0 fully saturated rings. The maximum Gasteiger partial charge on any atom is 0.119 e. The molecular formula is C19H21N5O. The van der Waals surface area contributed by atoms with Crippen LogP contribution in [0.25, 0.3) is 10.9 Å². The lowest BCUT2D eigenvalue weighted by Crippen LogP contribution is -2.09. The fraction of sp³-hybridized carbons (Fsp3) is 0.316. The maximum atomic E-state index is 9.41. The standard InChI is InChI=1S/C19H21N5O/c1-3-18-21-8-10-24(18)9-4-7-22-19-14(12-20)13-23-17-6-5-15(25-2)11-16(17)19/h5-6,8,10-11,13H,3-4,7,9H2,1-2H3,(H,22,23). The van der Waals surface area contributed by atoms with Crippen molar-refractivity contribution in [3.05, 3.63) is 48.2 Å². The highest BCUT2D eigenvalue weighted by Crippen LogP contribution is 2.28. The molecule has 0 atom stereocenters. The van der Waals surface area contributed by atoms with Gasteiger partial charge in [0.2, 0.25) is 0 Å². The van der Waals surface area contributed by atoms with Gasteiger partial charge < -0.3 is 14.6 Å². The molecule has 0 radical (unpaired) electrons. The van der Waals surface area contributed by atoms with Gasteiger partial charge in [-0.3, -0.25) is 4.98 Å². The first-order chi connectivity index (χ1) is 12.3. The van der Waals surface area contributed by atoms with Crippen LogP contribution < -0.4 is 10.1 Å². The van der Waals surface area contributed by atoms with Crippen LogP contribution in [0.15, 0.2) is 36.8 Å². The molecule has 25 heavy (non-hydrogen) atoms. The highest BCUT2D eigenvalue weighted by Gasteiger charge is 2.10. The van der Waals surface area contributed by atoms with Gasteiger partial charge >= 0.3 is 0 Å². The Morgan fingerprint density at radius 1 is 1.32 bits per heavy atom. The molecule has 0 aliphatic rings. The van der Waals surface area contributed by atoms with E-state index in [0.29, 0.717) is 5.56 Å². The smallest absolute Gasteiger partial charge is 0.119 e. The van der Waals surface area contributed by atoms with Gasteiger partial charge in [0.25, 0.3) is 0 Å². The number of aromatic nitrogens is 3. The quantitative estimate of drug-likeness (QED) is 0.670. The molecule has 0 unspecified atom stereocenters. The van der Waals surface area contributed by atoms with E-state index in [1.165, 1.54) is 0 Å². The largest absolute Gasteiger partial charge is 0.497 e. The minimum Gasteiger partial charge on any atom is -0.497 e. The van der Waals surface area contributed by atoms with E-state index >= 15 is 0 Å². The normalized spacial score (nSPS) is 10.6. The summed E-state index contributed by atoms with van der Waals surface area (Å²) in [4.78, 5) is 8.69. The van der Waals surface area contributed by atoms with Crippen LogP contribution in [0, 0.1) is 11.3 Å². The number of ether oxygens (including phenoxy) is 1. The molecule has 1 aromatic carbocycles. The van der Waals surface area contributed by atoms with E-state index in [2.05, 4.69) is 32.8 Å². The van der Waals surface area contributed by atoms with Crippen LogP contribution in [-0.4, -0.2) is 28.2 Å². The molecule has 3 aromatic rings. The number of nitriles is 1. The number of anilines is 1. The Kier molecular flexibility index (Phi) is 5.14. The fourth-order valence-electron chi connectivity index (χ4n) is 2.89. The van der Waals surface area contributed by atoms with Gasteiger partial charge in [-0.15, -0.1) is 0 Å². The molecule has 2 aromatic heterocycles. The van der Waals surface area contributed by atoms with Crippen LogP contribution in [0.5, 0.6) is 5.75 Å². The molecule has 0 saturated heterocycles. The van der Waals surface area contributed by atoms with E-state index in [1.807, 2.05) is 30.6 Å². The van der Waals surface area contributed by atoms with Crippen molar-refractivity contribution < 1.29 is 4.74 Å². The summed E-state index contributed by atoms with van der Waals surface area (Å²) in [5.41, 5.74) is 2.19. The summed E-state index contributed by atoms with van der Waals surface area (Å²) in [6.45, 7) is 3.75. The highest BCUT2D eigenvalue weighted by molar-refractivity contribution is 5.94. The number of fused-ring (bicyclic) bond motifs is 1. The summed E-state index contributed by atoms with van der Waals surface area (Å²) in [6, 6.07) is 7.90. The third-order valence-electron chi connectivity index (χ3n) is 4.19. The lowest BCUT2D eigenvalue weighted by atomic mass is 10.1. The monoisotopic (exact) mass is 335 g/mol. The van der Waals surface area contributed by atoms with Crippen molar-refractivity contribution >= 4 is 16.6 Å². The second kappa shape index (κ2) is 7.67. The zero-order chi connectivity index (χ0) is 17.6. The summed E-state index contributed by atoms with van der Waals surface area (Å²) in [7, 11) is 1.63. The number of pyridine rings is 1. The van der Waals surface area contributed by atoms with Gasteiger partial charge in [-0.05, 0) is 24.6 Å². The first kappa shape index (κ1) is 16.8. The number of benzene rings is 1. The Morgan fingerprint density at radius 2 is 2.20 bits per heavy atom. The molecule has 0 aliphatic carbocycles. The molecule has 2 heterocycles. The number of aryl methyl sites for hydroxylation is 2. The van der Waals surface area contributed by atoms with Crippen molar-refractivity contribution in [2.75, 3.05) is 19.0 Å². The molecule has 3 rings (SSSR count). The van der Waals surface area contributed by atoms with Crippen molar-refractivity contribution in [1.29, 1.82) is 5.26 Å². The van der Waals surface area contributed by atoms with Gasteiger partial charge in [0.1, 0.15) is 17.6 Å². The topological polar surface area (TPSA) is 75.8 Å². The van der Waals surface area contributed by atoms with Crippen LogP contribution in [0.2, 0.25) is 0 Å². The Morgan fingerprint density at radius 3 is 2.96 bits per heavy atom. The zero-order valence-electron chi connectivity index (χ0n) is 14.5. The summed E-state index contributed by atoms with van der Waals surface area (Å²) in [6.07, 6.45) is 7.31. The molecular weight excluding hydrogens is 314 g/mol. The van der Waals surface area contributed by atoms with Crippen LogP contribution in [0.4, 0.5) is 5.69 Å². The predicted molar refractivity (Wildman–Crippen MR) is 97.7 cm³/mol. The van der Waals surface area contributed by atoms with Crippen molar-refractivity contribution in [1.82, 2.24) is 14.5 Å². The SMILES string of the molecule is CCc1nccn1CCCNc1c(C#N)cnc2ccc(OC)cc12. The number of nitrogens with zero attached hydrogens (tertiary/aromatic N) is 4. The first-order valence-electron chi connectivity index (χ1n) is 8.37. The van der Waals surface area contributed by atoms with E-state index in [-0.39, 0.29) is 0 Å². The number of methoxy groups -OCH3 is 1. The number of hydrogen-bond donors (Lipinski definition) is 1. The molecule has 6 heteroatoms. The second-order valence-corrected chi connectivity index (χ2v) is 5.71. The number of rotatable bonds is 7. The number of hydrogen-bond acceptors (Lipinski definition) is 5. The molecule has 0 spiro atoms. The van der Waals surface area contributed by atoms with Gasteiger partial charge in [0.15, 0.2) is 0 Å². The van der Waals surface area contributed by atoms with Crippen molar-refractivity contribution in [2.45, 2.75) is 26.3 Å². The molecule has 0 bridgehead atoms. The van der Waals surface area contributed by atoms with Crippen molar-refractivity contribution in [2.24, 2.45) is 0 Å². The Labute approximate surface area is 147 Å². The molecule has 0 aliphatic heterocycles. The van der Waals surface area contributed by atoms with Gasteiger partial charge in [0.05, 0.1) is 23.9 Å². The molecule has 128 valence electrons. The van der Waals surface area contributed by atoms with E-state index in [9.17, 15) is 5.26 Å². The average molecular weight is 335 g/mol. The molecule has 0 saturated carbocycles. The second-order valence-electron chi connectivity index (χ2n) is 5.71. The third-order valence-corrected chi connectivity index (χ3v) is 4.19. The van der Waals surface area contributed by atoms with Crippen molar-refractivity contribution in [3.8, 4) is 11.8 Å². The van der Waals surface area contributed by atoms with Crippen molar-refractivity contribution in [3.63, 3.8) is 0 Å². The molecule has 6 nitrogen and oxygen atoms in total. The van der Waals surface area contributed by atoms with Gasteiger partial charge in [-0.1, -0.05) is 6.92 Å². The van der Waals surface area contributed by atoms with E-state index in [0.717, 1.165) is 54.1 Å². The van der Waals surface area contributed by atoms with Gasteiger partial charge in [-0.25, -0.2) is 4.98 Å². The lowest BCUT2D eigenvalue weighted by Gasteiger charge is -2.13. The first-order valence-corrected chi connectivity index (χ1v) is 8.37. The van der Waals surface area contributed by atoms with Crippen LogP contribution in [0.3, 0.4) is 0 Å². The molecule has 0 amide bonds. The Bertz CT molecular complexity index is 910. The lowest BCUT2D eigenvalue weighted by molar-refractivity contribution is 0.415. The van der Waals surface area contributed by atoms with E-state index in [1.54, 1.807) is 13.3 Å². The fourth-order valence-corrected chi connectivity index (χ4v) is 2.89. The average Bonchev–Trinajstić information content (AvgIpc) is 3.12. The summed E-state index contributed by atoms with van der Waals surface area (Å²) in [5.74, 6) is 1.84. The summed E-state index contributed by atoms with van der Waals surface area (Å²) < 4.78 is 7.47. The Hall–Kier alpha value is -3.07. The maximum absolute atomic E-state index is 9.41. The number of nitrogens with one attached hydrogen (secondary N) is 1. The van der Waals surface area contributed by atoms with E-state index < -0.39 is 0 Å². The third kappa shape index (κ3) is 3.56. The van der Waals surface area contributed by atoms with Crippen LogP contribution in [-0.2, 0) is 13.0 Å². The van der Waals surface area contributed by atoms with Gasteiger partial charge in [0, 0.05) is 43.5 Å². The predicted octanol–water partition coefficient (Wildman–Crippen LogP) is 3.38. The highest BCUT2D eigenvalue weighted by atomic mass is 16.5. The van der Waals surface area contributed by atoms with Crippen LogP contribution in [0.1, 0.15) is 24.7 Å². The number of imidazole rings is 1. The Balaban J connectivity index is 1.76. The minimum atomic E-state index is 0.539. The summed E-state index contributed by atoms with van der Waals surface area (Å²) in [5, 5.41) is 13.7. The van der Waals surface area contributed by atoms with Gasteiger partial charge in [-0.2, -0.15) is 5.26 Å². The zero-order valence-corrected chi connectivity index (χ0v) is 14.5. The summed E-state index contributed by atoms with van der Waals surface area (Å²) >= 11 is 0. The van der Waals surface area contributed by atoms with Crippen LogP contribution >= 0.6 is 0 Å². The minimum absolute atomic E-state index is 0.539. The van der Waals surface area contributed by atoms with E-state index in [4.69, 9.17) is 4.74 Å².